The fourth-order valence-electron chi connectivity index (χ4n) is 2.35. The van der Waals surface area contributed by atoms with Gasteiger partial charge in [-0.2, -0.15) is 0 Å². The molecule has 3 unspecified atom stereocenters. The topological polar surface area (TPSA) is 58.4 Å². The van der Waals surface area contributed by atoms with Gasteiger partial charge in [-0.1, -0.05) is 6.42 Å². The van der Waals surface area contributed by atoms with Gasteiger partial charge in [-0.3, -0.25) is 4.79 Å². The lowest BCUT2D eigenvalue weighted by molar-refractivity contribution is -0.126. The molecule has 0 spiro atoms. The molecule has 0 bridgehead atoms. The van der Waals surface area contributed by atoms with E-state index in [0.717, 1.165) is 38.6 Å². The first kappa shape index (κ1) is 14.5. The summed E-state index contributed by atoms with van der Waals surface area (Å²) in [4.78, 5) is 14.2. The Labute approximate surface area is 105 Å². The number of amides is 1. The van der Waals surface area contributed by atoms with E-state index >= 15 is 0 Å². The van der Waals surface area contributed by atoms with E-state index < -0.39 is 0 Å². The summed E-state index contributed by atoms with van der Waals surface area (Å²) in [5.74, 6) is 0.340. The molecule has 0 aromatic rings. The zero-order valence-electron chi connectivity index (χ0n) is 11.4. The minimum absolute atomic E-state index is 0.139. The molecule has 4 nitrogen and oxygen atoms in total. The lowest BCUT2D eigenvalue weighted by atomic mass is 9.85. The number of hydrogen-bond acceptors (Lipinski definition) is 3. The quantitative estimate of drug-likeness (QED) is 0.754. The van der Waals surface area contributed by atoms with Crippen LogP contribution in [0, 0.1) is 5.92 Å². The third-order valence-corrected chi connectivity index (χ3v) is 3.48. The fourth-order valence-corrected chi connectivity index (χ4v) is 2.35. The zero-order valence-corrected chi connectivity index (χ0v) is 11.4. The molecule has 0 aliphatic heterocycles. The van der Waals surface area contributed by atoms with Crippen molar-refractivity contribution in [2.45, 2.75) is 51.1 Å². The predicted octanol–water partition coefficient (Wildman–Crippen LogP) is 0.960. The van der Waals surface area contributed by atoms with E-state index in [1.165, 1.54) is 0 Å². The summed E-state index contributed by atoms with van der Waals surface area (Å²) < 4.78 is 0. The average Bonchev–Trinajstić information content (AvgIpc) is 2.26. The Balaban J connectivity index is 2.27. The van der Waals surface area contributed by atoms with Gasteiger partial charge in [0.05, 0.1) is 0 Å². The van der Waals surface area contributed by atoms with E-state index in [1.54, 1.807) is 0 Å². The van der Waals surface area contributed by atoms with Gasteiger partial charge >= 0.3 is 0 Å². The van der Waals surface area contributed by atoms with Gasteiger partial charge in [0.15, 0.2) is 0 Å². The summed E-state index contributed by atoms with van der Waals surface area (Å²) in [6.45, 7) is 3.08. The standard InChI is InChI=1S/C13H27N3O/c1-10(7-8-16(2)3)15-13(17)11-5-4-6-12(14)9-11/h10-12H,4-9,14H2,1-3H3,(H,15,17). The van der Waals surface area contributed by atoms with Gasteiger partial charge in [-0.25, -0.2) is 0 Å². The van der Waals surface area contributed by atoms with Crippen LogP contribution in [0.3, 0.4) is 0 Å². The van der Waals surface area contributed by atoms with Crippen molar-refractivity contribution in [3.8, 4) is 0 Å². The smallest absolute Gasteiger partial charge is 0.223 e. The summed E-state index contributed by atoms with van der Waals surface area (Å²) in [6, 6.07) is 0.472. The first-order valence-corrected chi connectivity index (χ1v) is 6.69. The van der Waals surface area contributed by atoms with Gasteiger partial charge in [-0.15, -0.1) is 0 Å². The second kappa shape index (κ2) is 6.97. The molecule has 1 amide bonds. The number of nitrogens with one attached hydrogen (secondary N) is 1. The third kappa shape index (κ3) is 5.50. The molecule has 0 aromatic heterocycles. The van der Waals surface area contributed by atoms with Crippen LogP contribution >= 0.6 is 0 Å². The van der Waals surface area contributed by atoms with Crippen molar-refractivity contribution in [3.05, 3.63) is 0 Å². The van der Waals surface area contributed by atoms with Crippen LogP contribution in [0.2, 0.25) is 0 Å². The lowest BCUT2D eigenvalue weighted by Crippen LogP contribution is -2.42. The number of rotatable bonds is 5. The first-order valence-electron chi connectivity index (χ1n) is 6.69. The Morgan fingerprint density at radius 2 is 2.18 bits per heavy atom. The van der Waals surface area contributed by atoms with E-state index in [-0.39, 0.29) is 23.9 Å². The molecule has 17 heavy (non-hydrogen) atoms. The second-order valence-electron chi connectivity index (χ2n) is 5.63. The molecular formula is C13H27N3O. The molecule has 3 atom stereocenters. The number of nitrogens with two attached hydrogens (primary N) is 1. The summed E-state index contributed by atoms with van der Waals surface area (Å²) in [6.07, 6.45) is 5.01. The number of carbonyl (C=O) groups excluding carboxylic acids is 1. The number of carbonyl (C=O) groups is 1. The highest BCUT2D eigenvalue weighted by molar-refractivity contribution is 5.79. The highest BCUT2D eigenvalue weighted by Gasteiger charge is 2.25. The molecule has 100 valence electrons. The van der Waals surface area contributed by atoms with Crippen molar-refractivity contribution in [1.82, 2.24) is 10.2 Å². The molecule has 1 saturated carbocycles. The summed E-state index contributed by atoms with van der Waals surface area (Å²) in [5.41, 5.74) is 5.91. The van der Waals surface area contributed by atoms with E-state index in [0.29, 0.717) is 0 Å². The molecule has 1 fully saturated rings. The molecule has 0 aromatic carbocycles. The molecular weight excluding hydrogens is 214 g/mol. The van der Waals surface area contributed by atoms with Crippen molar-refractivity contribution in [2.75, 3.05) is 20.6 Å². The van der Waals surface area contributed by atoms with Crippen molar-refractivity contribution in [1.29, 1.82) is 0 Å². The average molecular weight is 241 g/mol. The molecule has 4 heteroatoms. The number of nitrogens with zero attached hydrogens (tertiary/aromatic N) is 1. The summed E-state index contributed by atoms with van der Waals surface area (Å²) >= 11 is 0. The van der Waals surface area contributed by atoms with Gasteiger partial charge in [-0.05, 0) is 53.2 Å². The van der Waals surface area contributed by atoms with Crippen LogP contribution in [-0.4, -0.2) is 43.5 Å². The third-order valence-electron chi connectivity index (χ3n) is 3.48. The Kier molecular flexibility index (Phi) is 5.92. The Morgan fingerprint density at radius 1 is 1.47 bits per heavy atom. The Morgan fingerprint density at radius 3 is 2.76 bits per heavy atom. The van der Waals surface area contributed by atoms with Crippen molar-refractivity contribution in [2.24, 2.45) is 11.7 Å². The van der Waals surface area contributed by atoms with Crippen LogP contribution in [0.25, 0.3) is 0 Å². The summed E-state index contributed by atoms with van der Waals surface area (Å²) in [7, 11) is 4.10. The van der Waals surface area contributed by atoms with Gasteiger partial charge in [0.2, 0.25) is 5.91 Å². The molecule has 3 N–H and O–H groups in total. The lowest BCUT2D eigenvalue weighted by Gasteiger charge is -2.27. The fraction of sp³-hybridized carbons (Fsp3) is 0.923. The van der Waals surface area contributed by atoms with Crippen LogP contribution in [0.15, 0.2) is 0 Å². The minimum atomic E-state index is 0.139. The molecule has 1 aliphatic rings. The van der Waals surface area contributed by atoms with Gasteiger partial charge < -0.3 is 16.0 Å². The normalized spacial score (nSPS) is 26.9. The maximum atomic E-state index is 12.0. The Hall–Kier alpha value is -0.610. The Bertz CT molecular complexity index is 243. The minimum Gasteiger partial charge on any atom is -0.353 e. The predicted molar refractivity (Wildman–Crippen MR) is 70.7 cm³/mol. The van der Waals surface area contributed by atoms with E-state index in [9.17, 15) is 4.79 Å². The van der Waals surface area contributed by atoms with Crippen LogP contribution < -0.4 is 11.1 Å². The van der Waals surface area contributed by atoms with Gasteiger partial charge in [0.25, 0.3) is 0 Å². The van der Waals surface area contributed by atoms with Crippen molar-refractivity contribution >= 4 is 5.91 Å². The molecule has 0 radical (unpaired) electrons. The number of hydrogen-bond donors (Lipinski definition) is 2. The molecule has 0 heterocycles. The van der Waals surface area contributed by atoms with Crippen molar-refractivity contribution < 1.29 is 4.79 Å². The first-order chi connectivity index (χ1) is 7.99. The molecule has 1 rings (SSSR count). The molecule has 1 aliphatic carbocycles. The second-order valence-corrected chi connectivity index (χ2v) is 5.63. The van der Waals surface area contributed by atoms with Gasteiger partial charge in [0, 0.05) is 18.0 Å². The maximum absolute atomic E-state index is 12.0. The molecule has 0 saturated heterocycles. The van der Waals surface area contributed by atoms with E-state index in [2.05, 4.69) is 31.2 Å². The monoisotopic (exact) mass is 241 g/mol. The maximum Gasteiger partial charge on any atom is 0.223 e. The van der Waals surface area contributed by atoms with Crippen LogP contribution in [-0.2, 0) is 4.79 Å². The highest BCUT2D eigenvalue weighted by atomic mass is 16.1. The van der Waals surface area contributed by atoms with Crippen LogP contribution in [0.4, 0.5) is 0 Å². The largest absolute Gasteiger partial charge is 0.353 e. The van der Waals surface area contributed by atoms with Gasteiger partial charge in [0.1, 0.15) is 0 Å². The van der Waals surface area contributed by atoms with E-state index in [4.69, 9.17) is 5.73 Å². The van der Waals surface area contributed by atoms with Crippen LogP contribution in [0.1, 0.15) is 39.0 Å². The van der Waals surface area contributed by atoms with Crippen molar-refractivity contribution in [3.63, 3.8) is 0 Å². The summed E-state index contributed by atoms with van der Waals surface area (Å²) in [5, 5.41) is 3.10. The zero-order chi connectivity index (χ0) is 12.8. The van der Waals surface area contributed by atoms with Crippen LogP contribution in [0.5, 0.6) is 0 Å². The highest BCUT2D eigenvalue weighted by Crippen LogP contribution is 2.23. The van der Waals surface area contributed by atoms with E-state index in [1.807, 2.05) is 0 Å². The SMILES string of the molecule is CC(CCN(C)C)NC(=O)C1CCCC(N)C1.